The van der Waals surface area contributed by atoms with Gasteiger partial charge in [-0.2, -0.15) is 4.31 Å². The van der Waals surface area contributed by atoms with Crippen LogP contribution in [-0.2, 0) is 27.1 Å². The highest BCUT2D eigenvalue weighted by Gasteiger charge is 2.27. The number of sulfonamides is 1. The lowest BCUT2D eigenvalue weighted by molar-refractivity contribution is -0.129. The van der Waals surface area contributed by atoms with Crippen LogP contribution in [0.1, 0.15) is 18.1 Å². The molecule has 1 fully saturated rings. The third-order valence-electron chi connectivity index (χ3n) is 5.67. The van der Waals surface area contributed by atoms with Crippen LogP contribution in [0.4, 0.5) is 5.69 Å². The zero-order chi connectivity index (χ0) is 21.1. The normalized spacial score (nSPS) is 17.8. The van der Waals surface area contributed by atoms with Crippen LogP contribution in [0, 0.1) is 0 Å². The number of carbonyl (C=O) groups is 1. The van der Waals surface area contributed by atoms with Crippen molar-refractivity contribution in [3.63, 3.8) is 0 Å². The van der Waals surface area contributed by atoms with Gasteiger partial charge in [0.05, 0.1) is 5.75 Å². The Kier molecular flexibility index (Phi) is 5.97. The Morgan fingerprint density at radius 3 is 2.43 bits per heavy atom. The lowest BCUT2D eigenvalue weighted by atomic mass is 10.1. The molecular weight excluding hydrogens is 402 g/mol. The summed E-state index contributed by atoms with van der Waals surface area (Å²) < 4.78 is 33.3. The molecule has 0 saturated carbocycles. The molecule has 4 rings (SSSR count). The van der Waals surface area contributed by atoms with E-state index in [2.05, 4.69) is 4.90 Å². The quantitative estimate of drug-likeness (QED) is 0.744. The Morgan fingerprint density at radius 1 is 1.00 bits per heavy atom. The summed E-state index contributed by atoms with van der Waals surface area (Å²) in [6.07, 6.45) is 0. The maximum absolute atomic E-state index is 12.9. The Morgan fingerprint density at radius 2 is 1.73 bits per heavy atom. The van der Waals surface area contributed by atoms with E-state index in [1.165, 1.54) is 4.31 Å². The van der Waals surface area contributed by atoms with E-state index in [1.54, 1.807) is 6.92 Å². The van der Waals surface area contributed by atoms with Gasteiger partial charge in [-0.1, -0.05) is 36.4 Å². The fourth-order valence-corrected chi connectivity index (χ4v) is 5.41. The van der Waals surface area contributed by atoms with Crippen molar-refractivity contribution in [2.45, 2.75) is 19.2 Å². The summed E-state index contributed by atoms with van der Waals surface area (Å²) in [5.41, 5.74) is 2.69. The second-order valence-electron chi connectivity index (χ2n) is 7.71. The number of carbonyl (C=O) groups excluding carboxylic acids is 1. The largest absolute Gasteiger partial charge is 0.492 e. The van der Waals surface area contributed by atoms with E-state index in [4.69, 9.17) is 4.74 Å². The van der Waals surface area contributed by atoms with Crippen LogP contribution in [0.15, 0.2) is 48.5 Å². The molecule has 8 heteroatoms. The highest BCUT2D eigenvalue weighted by molar-refractivity contribution is 7.88. The van der Waals surface area contributed by atoms with Crippen LogP contribution in [0.5, 0.6) is 5.75 Å². The second-order valence-corrected chi connectivity index (χ2v) is 9.68. The van der Waals surface area contributed by atoms with Gasteiger partial charge in [0.15, 0.2) is 0 Å². The molecule has 2 aromatic carbocycles. The molecule has 0 radical (unpaired) electrons. The summed E-state index contributed by atoms with van der Waals surface area (Å²) in [5.74, 6) is 0.831. The third-order valence-corrected chi connectivity index (χ3v) is 7.47. The Balaban J connectivity index is 1.47. The minimum atomic E-state index is -3.44. The number of benzene rings is 2. The van der Waals surface area contributed by atoms with Crippen LogP contribution in [0.25, 0.3) is 0 Å². The van der Waals surface area contributed by atoms with Crippen molar-refractivity contribution < 1.29 is 17.9 Å². The monoisotopic (exact) mass is 429 g/mol. The summed E-state index contributed by atoms with van der Waals surface area (Å²) in [5, 5.41) is 0. The van der Waals surface area contributed by atoms with E-state index in [9.17, 15) is 13.2 Å². The van der Waals surface area contributed by atoms with Crippen LogP contribution < -0.4 is 9.64 Å². The van der Waals surface area contributed by atoms with E-state index in [0.717, 1.165) is 35.7 Å². The summed E-state index contributed by atoms with van der Waals surface area (Å²) in [7, 11) is -3.44. The fourth-order valence-electron chi connectivity index (χ4n) is 3.92. The molecule has 1 amide bonds. The average molecular weight is 430 g/mol. The molecule has 0 aliphatic carbocycles. The first-order valence-electron chi connectivity index (χ1n) is 10.2. The first kappa shape index (κ1) is 20.7. The molecule has 30 heavy (non-hydrogen) atoms. The number of ether oxygens (including phenoxy) is 1. The van der Waals surface area contributed by atoms with Gasteiger partial charge in [0, 0.05) is 63.5 Å². The Labute approximate surface area is 177 Å². The fraction of sp³-hybridized carbons (Fsp3) is 0.409. The van der Waals surface area contributed by atoms with Crippen LogP contribution in [-0.4, -0.2) is 62.9 Å². The van der Waals surface area contributed by atoms with Gasteiger partial charge < -0.3 is 14.5 Å². The molecule has 2 aliphatic rings. The molecule has 2 aliphatic heterocycles. The van der Waals surface area contributed by atoms with Gasteiger partial charge in [0.2, 0.25) is 15.9 Å². The number of hydrogen-bond donors (Lipinski definition) is 0. The lowest BCUT2D eigenvalue weighted by Gasteiger charge is -2.35. The lowest BCUT2D eigenvalue weighted by Crippen LogP contribution is -2.48. The predicted octanol–water partition coefficient (Wildman–Crippen LogP) is 2.08. The van der Waals surface area contributed by atoms with E-state index < -0.39 is 10.0 Å². The smallest absolute Gasteiger partial charge is 0.219 e. The molecule has 7 nitrogen and oxygen atoms in total. The van der Waals surface area contributed by atoms with Crippen molar-refractivity contribution in [1.82, 2.24) is 9.21 Å². The Bertz CT molecular complexity index is 1000. The third kappa shape index (κ3) is 4.60. The minimum Gasteiger partial charge on any atom is -0.492 e. The minimum absolute atomic E-state index is 0.0122. The van der Waals surface area contributed by atoms with Crippen molar-refractivity contribution >= 4 is 21.6 Å². The number of anilines is 1. The van der Waals surface area contributed by atoms with Gasteiger partial charge in [0.25, 0.3) is 0 Å². The van der Waals surface area contributed by atoms with E-state index in [0.29, 0.717) is 32.8 Å². The Hall–Kier alpha value is -2.58. The number of fused-ring (bicyclic) bond motifs is 1. The molecule has 2 aromatic rings. The van der Waals surface area contributed by atoms with E-state index in [-0.39, 0.29) is 11.7 Å². The zero-order valence-corrected chi connectivity index (χ0v) is 18.0. The molecule has 0 atom stereocenters. The number of nitrogens with zero attached hydrogens (tertiary/aromatic N) is 3. The summed E-state index contributed by atoms with van der Waals surface area (Å²) in [6, 6.07) is 15.2. The highest BCUT2D eigenvalue weighted by atomic mass is 32.2. The van der Waals surface area contributed by atoms with E-state index in [1.807, 2.05) is 53.4 Å². The number of amides is 1. The maximum Gasteiger partial charge on any atom is 0.219 e. The molecule has 0 unspecified atom stereocenters. The number of hydrogen-bond acceptors (Lipinski definition) is 5. The molecule has 2 heterocycles. The first-order chi connectivity index (χ1) is 14.4. The summed E-state index contributed by atoms with van der Waals surface area (Å²) in [6.45, 7) is 5.52. The zero-order valence-electron chi connectivity index (χ0n) is 17.2. The standard InChI is InChI=1S/C22H27N3O4S/c1-18(26)23-9-11-24(12-10-23)21-8-7-20-16-25(13-14-29-22(20)15-21)30(27,28)17-19-5-3-2-4-6-19/h2-8,15H,9-14,16-17H2,1H3. The van der Waals surface area contributed by atoms with Gasteiger partial charge >= 0.3 is 0 Å². The molecule has 0 aromatic heterocycles. The SMILES string of the molecule is CC(=O)N1CCN(c2ccc3c(c2)OCCN(S(=O)(=O)Cc2ccccc2)C3)CC1. The molecule has 1 saturated heterocycles. The summed E-state index contributed by atoms with van der Waals surface area (Å²) in [4.78, 5) is 15.6. The van der Waals surface area contributed by atoms with Crippen LogP contribution >= 0.6 is 0 Å². The molecular formula is C22H27N3O4S. The van der Waals surface area contributed by atoms with Gasteiger partial charge in [-0.25, -0.2) is 8.42 Å². The molecule has 0 spiro atoms. The highest BCUT2D eigenvalue weighted by Crippen LogP contribution is 2.30. The van der Waals surface area contributed by atoms with Crippen molar-refractivity contribution in [2.24, 2.45) is 0 Å². The maximum atomic E-state index is 12.9. The molecule has 0 N–H and O–H groups in total. The van der Waals surface area contributed by atoms with Gasteiger partial charge in [0.1, 0.15) is 12.4 Å². The molecule has 160 valence electrons. The van der Waals surface area contributed by atoms with Gasteiger partial charge in [-0.3, -0.25) is 4.79 Å². The van der Waals surface area contributed by atoms with E-state index >= 15 is 0 Å². The first-order valence-corrected chi connectivity index (χ1v) is 11.8. The number of rotatable bonds is 4. The van der Waals surface area contributed by atoms with Crippen LogP contribution in [0.2, 0.25) is 0 Å². The van der Waals surface area contributed by atoms with Crippen LogP contribution in [0.3, 0.4) is 0 Å². The average Bonchev–Trinajstić information content (AvgIpc) is 2.97. The summed E-state index contributed by atoms with van der Waals surface area (Å²) >= 11 is 0. The topological polar surface area (TPSA) is 70.2 Å². The molecule has 0 bridgehead atoms. The predicted molar refractivity (Wildman–Crippen MR) is 116 cm³/mol. The van der Waals surface area contributed by atoms with Crippen molar-refractivity contribution in [3.8, 4) is 5.75 Å². The van der Waals surface area contributed by atoms with Crippen molar-refractivity contribution in [3.05, 3.63) is 59.7 Å². The van der Waals surface area contributed by atoms with Gasteiger partial charge in [-0.15, -0.1) is 0 Å². The second kappa shape index (κ2) is 8.65. The number of piperazine rings is 1. The van der Waals surface area contributed by atoms with Crippen molar-refractivity contribution in [1.29, 1.82) is 0 Å². The van der Waals surface area contributed by atoms with Gasteiger partial charge in [-0.05, 0) is 11.6 Å². The van der Waals surface area contributed by atoms with Crippen molar-refractivity contribution in [2.75, 3.05) is 44.2 Å².